The summed E-state index contributed by atoms with van der Waals surface area (Å²) < 4.78 is 4.06. The van der Waals surface area contributed by atoms with Crippen molar-refractivity contribution in [3.63, 3.8) is 0 Å². The van der Waals surface area contributed by atoms with Gasteiger partial charge in [0.15, 0.2) is 0 Å². The van der Waals surface area contributed by atoms with E-state index < -0.39 is 0 Å². The predicted molar refractivity (Wildman–Crippen MR) is 81.6 cm³/mol. The van der Waals surface area contributed by atoms with Crippen molar-refractivity contribution in [1.82, 2.24) is 14.1 Å². The predicted octanol–water partition coefficient (Wildman–Crippen LogP) is 3.25. The maximum absolute atomic E-state index is 4.62. The molecule has 4 heteroatoms. The second kappa shape index (κ2) is 4.63. The van der Waals surface area contributed by atoms with E-state index in [0.29, 0.717) is 0 Å². The molecule has 2 aromatic heterocycles. The van der Waals surface area contributed by atoms with Crippen LogP contribution in [0.15, 0.2) is 35.4 Å². The van der Waals surface area contributed by atoms with Gasteiger partial charge in [-0.1, -0.05) is 30.3 Å². The molecule has 102 valence electrons. The van der Waals surface area contributed by atoms with Gasteiger partial charge in [0.2, 0.25) is 5.78 Å². The van der Waals surface area contributed by atoms with E-state index in [1.54, 1.807) is 0 Å². The maximum atomic E-state index is 4.62. The van der Waals surface area contributed by atoms with Gasteiger partial charge in [-0.2, -0.15) is 5.10 Å². The smallest absolute Gasteiger partial charge is 0.235 e. The van der Waals surface area contributed by atoms with Crippen LogP contribution in [0.4, 0.5) is 0 Å². The van der Waals surface area contributed by atoms with E-state index >= 15 is 0 Å². The van der Waals surface area contributed by atoms with Gasteiger partial charge in [0.1, 0.15) is 0 Å². The van der Waals surface area contributed by atoms with E-state index in [-0.39, 0.29) is 0 Å². The van der Waals surface area contributed by atoms with Gasteiger partial charge in [-0.15, -0.1) is 0 Å². The summed E-state index contributed by atoms with van der Waals surface area (Å²) in [6.07, 6.45) is 1.87. The molecule has 0 unspecified atom stereocenters. The molecule has 0 N–H and O–H groups in total. The topological polar surface area (TPSA) is 34.6 Å². The Kier molecular flexibility index (Phi) is 2.93. The van der Waals surface area contributed by atoms with Crippen molar-refractivity contribution in [3.8, 4) is 0 Å². The summed E-state index contributed by atoms with van der Waals surface area (Å²) in [5, 5.41) is 4.59. The molecule has 0 radical (unpaired) electrons. The lowest BCUT2D eigenvalue weighted by molar-refractivity contribution is 0.864. The molecule has 0 aliphatic rings. The van der Waals surface area contributed by atoms with Gasteiger partial charge in [0.25, 0.3) is 0 Å². The van der Waals surface area contributed by atoms with Crippen LogP contribution in [0, 0.1) is 27.7 Å². The number of rotatable bonds is 2. The van der Waals surface area contributed by atoms with Gasteiger partial charge in [-0.3, -0.25) is 4.40 Å². The van der Waals surface area contributed by atoms with Gasteiger partial charge in [0, 0.05) is 11.4 Å². The number of nitrogens with zero attached hydrogens (tertiary/aromatic N) is 4. The first kappa shape index (κ1) is 12.7. The van der Waals surface area contributed by atoms with Crippen molar-refractivity contribution in [1.29, 1.82) is 0 Å². The molecule has 0 spiro atoms. The largest absolute Gasteiger partial charge is 0.284 e. The van der Waals surface area contributed by atoms with Crippen LogP contribution in [0.25, 0.3) is 5.78 Å². The van der Waals surface area contributed by atoms with E-state index in [4.69, 9.17) is 0 Å². The Morgan fingerprint density at radius 2 is 1.65 bits per heavy atom. The highest BCUT2D eigenvalue weighted by Gasteiger charge is 2.15. The van der Waals surface area contributed by atoms with E-state index in [2.05, 4.69) is 35.3 Å². The highest BCUT2D eigenvalue weighted by atomic mass is 15.4. The van der Waals surface area contributed by atoms with Crippen LogP contribution in [0.2, 0.25) is 0 Å². The van der Waals surface area contributed by atoms with Crippen molar-refractivity contribution >= 4 is 12.0 Å². The van der Waals surface area contributed by atoms with E-state index in [0.717, 1.165) is 22.7 Å². The summed E-state index contributed by atoms with van der Waals surface area (Å²) in [6, 6.07) is 10.1. The number of hydrogen-bond acceptors (Lipinski definition) is 2. The van der Waals surface area contributed by atoms with Crippen molar-refractivity contribution in [2.75, 3.05) is 0 Å². The average molecular weight is 266 g/mol. The van der Waals surface area contributed by atoms with Crippen LogP contribution in [0.1, 0.15) is 28.3 Å². The fourth-order valence-electron chi connectivity index (χ4n) is 2.40. The molecule has 0 saturated heterocycles. The molecule has 1 aromatic carbocycles. The summed E-state index contributed by atoms with van der Waals surface area (Å²) >= 11 is 0. The summed E-state index contributed by atoms with van der Waals surface area (Å²) in [6.45, 7) is 8.29. The second-order valence-electron chi connectivity index (χ2n) is 5.06. The third-order valence-electron chi connectivity index (χ3n) is 3.81. The monoisotopic (exact) mass is 266 g/mol. The first-order valence-electron chi connectivity index (χ1n) is 6.72. The van der Waals surface area contributed by atoms with E-state index in [9.17, 15) is 0 Å². The Morgan fingerprint density at radius 1 is 0.950 bits per heavy atom. The molecule has 4 nitrogen and oxygen atoms in total. The lowest BCUT2D eigenvalue weighted by Crippen LogP contribution is -1.95. The summed E-state index contributed by atoms with van der Waals surface area (Å²) in [7, 11) is 0. The zero-order valence-electron chi connectivity index (χ0n) is 12.3. The molecule has 0 saturated carbocycles. The Morgan fingerprint density at radius 3 is 2.35 bits per heavy atom. The van der Waals surface area contributed by atoms with Crippen LogP contribution < -0.4 is 0 Å². The Labute approximate surface area is 118 Å². The molecular formula is C16H18N4. The normalized spacial score (nSPS) is 11.8. The van der Waals surface area contributed by atoms with Crippen molar-refractivity contribution in [2.45, 2.75) is 27.7 Å². The quantitative estimate of drug-likeness (QED) is 0.656. The van der Waals surface area contributed by atoms with Gasteiger partial charge in [-0.25, -0.2) is 9.66 Å². The molecule has 0 aliphatic carbocycles. The van der Waals surface area contributed by atoms with E-state index in [1.165, 1.54) is 11.4 Å². The number of benzene rings is 1. The number of hydrogen-bond donors (Lipinski definition) is 0. The highest BCUT2D eigenvalue weighted by molar-refractivity contribution is 5.79. The first-order valence-corrected chi connectivity index (χ1v) is 6.72. The van der Waals surface area contributed by atoms with Gasteiger partial charge in [-0.05, 0) is 33.3 Å². The lowest BCUT2D eigenvalue weighted by Gasteiger charge is -1.98. The minimum atomic E-state index is 0.877. The minimum absolute atomic E-state index is 0.877. The molecule has 0 fully saturated rings. The molecule has 0 atom stereocenters. The van der Waals surface area contributed by atoms with Crippen LogP contribution in [0.5, 0.6) is 0 Å². The molecule has 0 amide bonds. The number of aryl methyl sites for hydroxylation is 3. The number of fused-ring (bicyclic) bond motifs is 1. The Bertz CT molecular complexity index is 791. The minimum Gasteiger partial charge on any atom is -0.284 e. The van der Waals surface area contributed by atoms with Gasteiger partial charge < -0.3 is 0 Å². The molecule has 3 aromatic rings. The lowest BCUT2D eigenvalue weighted by atomic mass is 10.2. The second-order valence-corrected chi connectivity index (χ2v) is 5.06. The van der Waals surface area contributed by atoms with Crippen LogP contribution in [-0.4, -0.2) is 20.3 Å². The molecule has 3 rings (SSSR count). The number of imidazole rings is 2. The zero-order valence-corrected chi connectivity index (χ0v) is 12.3. The average Bonchev–Trinajstić information content (AvgIpc) is 2.86. The summed E-state index contributed by atoms with van der Waals surface area (Å²) in [5.74, 6) is 0.877. The molecular weight excluding hydrogens is 248 g/mol. The van der Waals surface area contributed by atoms with Crippen LogP contribution in [-0.2, 0) is 0 Å². The van der Waals surface area contributed by atoms with Crippen LogP contribution >= 0.6 is 0 Å². The van der Waals surface area contributed by atoms with E-state index in [1.807, 2.05) is 48.1 Å². The molecule has 20 heavy (non-hydrogen) atoms. The van der Waals surface area contributed by atoms with Gasteiger partial charge in [0.05, 0.1) is 17.6 Å². The first-order chi connectivity index (χ1) is 9.59. The standard InChI is InChI=1S/C16H18N4/c1-11-12(2)19-13(3)14(4)20(16(19)18-11)17-10-15-8-6-5-7-9-15/h5-10H,1-4H3. The van der Waals surface area contributed by atoms with Crippen LogP contribution in [0.3, 0.4) is 0 Å². The number of aromatic nitrogens is 3. The molecule has 0 aliphatic heterocycles. The Balaban J connectivity index is 2.14. The fourth-order valence-corrected chi connectivity index (χ4v) is 2.40. The third kappa shape index (κ3) is 1.84. The highest BCUT2D eigenvalue weighted by Crippen LogP contribution is 2.19. The third-order valence-corrected chi connectivity index (χ3v) is 3.81. The van der Waals surface area contributed by atoms with Crippen molar-refractivity contribution in [2.24, 2.45) is 5.10 Å². The molecule has 2 heterocycles. The van der Waals surface area contributed by atoms with Crippen molar-refractivity contribution in [3.05, 3.63) is 58.7 Å². The fraction of sp³-hybridized carbons (Fsp3) is 0.250. The van der Waals surface area contributed by atoms with Crippen molar-refractivity contribution < 1.29 is 0 Å². The summed E-state index contributed by atoms with van der Waals surface area (Å²) in [4.78, 5) is 4.62. The van der Waals surface area contributed by atoms with Gasteiger partial charge >= 0.3 is 0 Å². The summed E-state index contributed by atoms with van der Waals surface area (Å²) in [5.41, 5.74) is 5.60. The Hall–Kier alpha value is -2.36. The maximum Gasteiger partial charge on any atom is 0.235 e. The molecule has 0 bridgehead atoms. The zero-order chi connectivity index (χ0) is 14.3. The SMILES string of the molecule is Cc1nc2n(N=Cc3ccccc3)c(C)c(C)n2c1C.